The van der Waals surface area contributed by atoms with Gasteiger partial charge in [-0.1, -0.05) is 13.3 Å². The van der Waals surface area contributed by atoms with Crippen LogP contribution in [0.4, 0.5) is 5.69 Å². The number of hydrogen-bond donors (Lipinski definition) is 2. The maximum Gasteiger partial charge on any atom is 0.338 e. The minimum absolute atomic E-state index is 0.0575. The van der Waals surface area contributed by atoms with Gasteiger partial charge in [0.15, 0.2) is 0 Å². The van der Waals surface area contributed by atoms with Crippen molar-refractivity contribution in [2.75, 3.05) is 77.9 Å². The Kier molecular flexibility index (Phi) is 20.5. The average molecular weight is 542 g/mol. The maximum absolute atomic E-state index is 12.1. The van der Waals surface area contributed by atoms with Gasteiger partial charge in [0.1, 0.15) is 13.2 Å². The third kappa shape index (κ3) is 19.4. The number of benzene rings is 1. The second-order valence-electron chi connectivity index (χ2n) is 8.26. The summed E-state index contributed by atoms with van der Waals surface area (Å²) in [6, 6.07) is 7.23. The van der Waals surface area contributed by atoms with E-state index in [-0.39, 0.29) is 44.6 Å². The van der Waals surface area contributed by atoms with Crippen LogP contribution in [0.3, 0.4) is 0 Å². The van der Waals surface area contributed by atoms with Gasteiger partial charge in [0.2, 0.25) is 0 Å². The Balaban J connectivity index is 1.83. The molecule has 0 radical (unpaired) electrons. The molecule has 216 valence electrons. The number of nitrogens with one attached hydrogen (secondary N) is 1. The van der Waals surface area contributed by atoms with Gasteiger partial charge in [-0.15, -0.1) is 0 Å². The zero-order chi connectivity index (χ0) is 27.7. The number of hydrogen-bond acceptors (Lipinski definition) is 10. The predicted molar refractivity (Wildman–Crippen MR) is 140 cm³/mol. The largest absolute Gasteiger partial charge is 0.481 e. The van der Waals surface area contributed by atoms with Crippen molar-refractivity contribution in [2.24, 2.45) is 0 Å². The lowest BCUT2D eigenvalue weighted by Gasteiger charge is -2.09. The molecule has 2 N–H and O–H groups in total. The van der Waals surface area contributed by atoms with Gasteiger partial charge >= 0.3 is 17.9 Å². The Hall–Kier alpha value is -2.73. The molecule has 0 aliphatic heterocycles. The highest BCUT2D eigenvalue weighted by atomic mass is 16.6. The Morgan fingerprint density at radius 2 is 1.18 bits per heavy atom. The first-order chi connectivity index (χ1) is 18.5. The van der Waals surface area contributed by atoms with Crippen molar-refractivity contribution in [2.45, 2.75) is 45.4 Å². The van der Waals surface area contributed by atoms with Gasteiger partial charge in [-0.2, -0.15) is 0 Å². The molecule has 11 heteroatoms. The van der Waals surface area contributed by atoms with Crippen molar-refractivity contribution >= 4 is 23.6 Å². The number of rotatable bonds is 25. The van der Waals surface area contributed by atoms with Crippen molar-refractivity contribution in [3.05, 3.63) is 29.8 Å². The van der Waals surface area contributed by atoms with Gasteiger partial charge in [-0.25, -0.2) is 4.79 Å². The van der Waals surface area contributed by atoms with Crippen molar-refractivity contribution in [3.8, 4) is 0 Å². The molecule has 0 amide bonds. The van der Waals surface area contributed by atoms with Crippen molar-refractivity contribution in [1.29, 1.82) is 0 Å². The number of carbonyl (C=O) groups excluding carboxylic acids is 2. The molecule has 0 saturated heterocycles. The van der Waals surface area contributed by atoms with Crippen LogP contribution >= 0.6 is 0 Å². The maximum atomic E-state index is 12.1. The Labute approximate surface area is 225 Å². The van der Waals surface area contributed by atoms with E-state index in [9.17, 15) is 14.4 Å². The van der Waals surface area contributed by atoms with Gasteiger partial charge in [0, 0.05) is 25.1 Å². The predicted octanol–water partition coefficient (Wildman–Crippen LogP) is 3.31. The summed E-state index contributed by atoms with van der Waals surface area (Å²) in [6.45, 7) is 6.33. The molecule has 0 saturated carbocycles. The second-order valence-corrected chi connectivity index (χ2v) is 8.26. The summed E-state index contributed by atoms with van der Waals surface area (Å²) in [7, 11) is 0. The molecule has 0 bridgehead atoms. The fourth-order valence-corrected chi connectivity index (χ4v) is 3.00. The standard InChI is InChI=1S/C27H43NO10/c1-2-3-12-28-24-10-8-23(9-11-24)27(32)38-22-20-36-18-16-34-14-13-33-15-17-35-19-21-37-26(31)7-5-4-6-25(29)30/h8-11,28H,2-7,12-22H2,1H3,(H,29,30). The van der Waals surface area contributed by atoms with E-state index < -0.39 is 5.97 Å². The van der Waals surface area contributed by atoms with Gasteiger partial charge in [-0.05, 0) is 43.5 Å². The summed E-state index contributed by atoms with van der Waals surface area (Å²) < 4.78 is 31.7. The van der Waals surface area contributed by atoms with E-state index in [2.05, 4.69) is 12.2 Å². The van der Waals surface area contributed by atoms with Crippen molar-refractivity contribution in [3.63, 3.8) is 0 Å². The number of aliphatic carboxylic acids is 1. The second kappa shape index (κ2) is 23.4. The zero-order valence-corrected chi connectivity index (χ0v) is 22.5. The number of esters is 2. The lowest BCUT2D eigenvalue weighted by molar-refractivity contribution is -0.146. The van der Waals surface area contributed by atoms with Crippen LogP contribution in [-0.2, 0) is 38.0 Å². The summed E-state index contributed by atoms with van der Waals surface area (Å²) in [4.78, 5) is 33.9. The van der Waals surface area contributed by atoms with E-state index in [0.29, 0.717) is 64.7 Å². The molecule has 1 aromatic carbocycles. The molecular formula is C27H43NO10. The van der Waals surface area contributed by atoms with Crippen molar-refractivity contribution in [1.82, 2.24) is 0 Å². The smallest absolute Gasteiger partial charge is 0.338 e. The fourth-order valence-electron chi connectivity index (χ4n) is 3.00. The number of carboxylic acid groups (broad SMARTS) is 1. The molecule has 0 aliphatic rings. The SMILES string of the molecule is CCCCNc1ccc(C(=O)OCCOCCOCCOCCOCCOC(=O)CCCCC(=O)O)cc1. The normalized spacial score (nSPS) is 10.8. The minimum atomic E-state index is -0.866. The van der Waals surface area contributed by atoms with E-state index in [1.54, 1.807) is 12.1 Å². The summed E-state index contributed by atoms with van der Waals surface area (Å²) in [5.41, 5.74) is 1.49. The lowest BCUT2D eigenvalue weighted by atomic mass is 10.2. The molecule has 1 aromatic rings. The van der Waals surface area contributed by atoms with E-state index in [1.165, 1.54) is 0 Å². The van der Waals surface area contributed by atoms with Crippen LogP contribution in [0.15, 0.2) is 24.3 Å². The first-order valence-corrected chi connectivity index (χ1v) is 13.2. The van der Waals surface area contributed by atoms with Gasteiger partial charge in [0.05, 0.1) is 58.4 Å². The van der Waals surface area contributed by atoms with Crippen LogP contribution in [0.1, 0.15) is 55.8 Å². The minimum Gasteiger partial charge on any atom is -0.481 e. The number of carboxylic acids is 1. The fraction of sp³-hybridized carbons (Fsp3) is 0.667. The van der Waals surface area contributed by atoms with Crippen molar-refractivity contribution < 1.29 is 47.9 Å². The third-order valence-electron chi connectivity index (χ3n) is 5.07. The van der Waals surface area contributed by atoms with E-state index in [1.807, 2.05) is 12.1 Å². The molecule has 0 aromatic heterocycles. The topological polar surface area (TPSA) is 139 Å². The number of carbonyl (C=O) groups is 3. The Morgan fingerprint density at radius 1 is 0.684 bits per heavy atom. The molecule has 38 heavy (non-hydrogen) atoms. The highest BCUT2D eigenvalue weighted by molar-refractivity contribution is 5.89. The molecule has 0 unspecified atom stereocenters. The summed E-state index contributed by atoms with van der Waals surface area (Å²) in [6.07, 6.45) is 3.45. The van der Waals surface area contributed by atoms with Gasteiger partial charge in [-0.3, -0.25) is 9.59 Å². The number of unbranched alkanes of at least 4 members (excludes halogenated alkanes) is 2. The monoisotopic (exact) mass is 541 g/mol. The molecule has 0 aliphatic carbocycles. The van der Waals surface area contributed by atoms with E-state index in [4.69, 9.17) is 33.5 Å². The van der Waals surface area contributed by atoms with Crippen LogP contribution in [-0.4, -0.2) is 95.6 Å². The average Bonchev–Trinajstić information content (AvgIpc) is 2.91. The van der Waals surface area contributed by atoms with Crippen LogP contribution in [0.25, 0.3) is 0 Å². The lowest BCUT2D eigenvalue weighted by Crippen LogP contribution is -2.15. The highest BCUT2D eigenvalue weighted by Crippen LogP contribution is 2.11. The summed E-state index contributed by atoms with van der Waals surface area (Å²) >= 11 is 0. The molecule has 0 fully saturated rings. The van der Waals surface area contributed by atoms with Crippen LogP contribution in [0, 0.1) is 0 Å². The Bertz CT molecular complexity index is 757. The van der Waals surface area contributed by atoms with Gasteiger partial charge < -0.3 is 38.8 Å². The highest BCUT2D eigenvalue weighted by Gasteiger charge is 2.07. The molecule has 0 atom stereocenters. The first kappa shape index (κ1) is 33.3. The van der Waals surface area contributed by atoms with Gasteiger partial charge in [0.25, 0.3) is 0 Å². The zero-order valence-electron chi connectivity index (χ0n) is 22.5. The molecule has 11 nitrogen and oxygen atoms in total. The van der Waals surface area contributed by atoms with Crippen LogP contribution < -0.4 is 5.32 Å². The van der Waals surface area contributed by atoms with E-state index >= 15 is 0 Å². The molecular weight excluding hydrogens is 498 g/mol. The third-order valence-corrected chi connectivity index (χ3v) is 5.07. The first-order valence-electron chi connectivity index (χ1n) is 13.2. The number of ether oxygens (including phenoxy) is 6. The summed E-state index contributed by atoms with van der Waals surface area (Å²) in [5.74, 6) is -1.60. The molecule has 0 heterocycles. The molecule has 1 rings (SSSR count). The van der Waals surface area contributed by atoms with Crippen LogP contribution in [0.2, 0.25) is 0 Å². The Morgan fingerprint density at radius 3 is 1.71 bits per heavy atom. The summed E-state index contributed by atoms with van der Waals surface area (Å²) in [5, 5.41) is 11.8. The van der Waals surface area contributed by atoms with E-state index in [0.717, 1.165) is 25.1 Å². The van der Waals surface area contributed by atoms with Crippen LogP contribution in [0.5, 0.6) is 0 Å². The quantitative estimate of drug-likeness (QED) is 0.139. The number of anilines is 1. The molecule has 0 spiro atoms.